The first-order valence-corrected chi connectivity index (χ1v) is 2.24. The van der Waals surface area contributed by atoms with E-state index in [0.717, 1.165) is 0 Å². The second kappa shape index (κ2) is 2.26. The highest BCUT2D eigenvalue weighted by molar-refractivity contribution is 4.65. The lowest BCUT2D eigenvalue weighted by Gasteiger charge is -2.18. The van der Waals surface area contributed by atoms with Crippen molar-refractivity contribution in [1.29, 1.82) is 0 Å². The van der Waals surface area contributed by atoms with Gasteiger partial charge in [-0.25, -0.2) is 0 Å². The monoisotopic (exact) mass is 104 g/mol. The van der Waals surface area contributed by atoms with Crippen molar-refractivity contribution < 1.29 is 5.11 Å². The zero-order chi connectivity index (χ0) is 5.91. The van der Waals surface area contributed by atoms with Gasteiger partial charge in [0.05, 0.1) is 0 Å². The molecule has 0 saturated heterocycles. The number of hydrogen-bond donors (Lipinski definition) is 3. The topological polar surface area (TPSA) is 58.3 Å². The largest absolute Gasteiger partial charge is 0.375 e. The Morgan fingerprint density at radius 3 is 2.29 bits per heavy atom. The second-order valence-electron chi connectivity index (χ2n) is 1.73. The molecule has 0 aromatic rings. The minimum Gasteiger partial charge on any atom is -0.375 e. The summed E-state index contributed by atoms with van der Waals surface area (Å²) in [6.45, 7) is 1.86. The van der Waals surface area contributed by atoms with Crippen molar-refractivity contribution in [2.45, 2.75) is 12.6 Å². The van der Waals surface area contributed by atoms with E-state index in [1.54, 1.807) is 14.0 Å². The molecule has 0 radical (unpaired) electrons. The van der Waals surface area contributed by atoms with Crippen molar-refractivity contribution in [2.24, 2.45) is 5.73 Å². The fourth-order valence-corrected chi connectivity index (χ4v) is 0.102. The van der Waals surface area contributed by atoms with Crippen molar-refractivity contribution in [2.75, 3.05) is 13.6 Å². The van der Waals surface area contributed by atoms with Gasteiger partial charge in [0.15, 0.2) is 0 Å². The van der Waals surface area contributed by atoms with E-state index in [1.165, 1.54) is 0 Å². The van der Waals surface area contributed by atoms with Crippen LogP contribution >= 0.6 is 0 Å². The molecule has 0 aliphatic heterocycles. The van der Waals surface area contributed by atoms with Gasteiger partial charge in [-0.05, 0) is 14.0 Å². The molecule has 4 N–H and O–H groups in total. The number of rotatable bonds is 2. The average molecular weight is 104 g/mol. The highest BCUT2D eigenvalue weighted by atomic mass is 16.3. The van der Waals surface area contributed by atoms with Crippen LogP contribution in [0.4, 0.5) is 0 Å². The molecule has 0 amide bonds. The number of nitrogens with two attached hydrogens (primary N) is 1. The van der Waals surface area contributed by atoms with Crippen LogP contribution in [0.25, 0.3) is 0 Å². The van der Waals surface area contributed by atoms with Crippen molar-refractivity contribution in [3.05, 3.63) is 0 Å². The van der Waals surface area contributed by atoms with E-state index in [2.05, 4.69) is 5.32 Å². The van der Waals surface area contributed by atoms with Crippen LogP contribution in [-0.2, 0) is 0 Å². The van der Waals surface area contributed by atoms with Crippen molar-refractivity contribution in [3.8, 4) is 0 Å². The van der Waals surface area contributed by atoms with Crippen molar-refractivity contribution >= 4 is 0 Å². The highest BCUT2D eigenvalue weighted by Gasteiger charge is 2.11. The maximum absolute atomic E-state index is 8.90. The lowest BCUT2D eigenvalue weighted by Crippen LogP contribution is -2.46. The van der Waals surface area contributed by atoms with Gasteiger partial charge in [0.1, 0.15) is 5.72 Å². The van der Waals surface area contributed by atoms with E-state index in [9.17, 15) is 0 Å². The van der Waals surface area contributed by atoms with E-state index < -0.39 is 5.72 Å². The molecule has 3 nitrogen and oxygen atoms in total. The molecule has 0 rings (SSSR count). The molecule has 3 heteroatoms. The molecule has 0 heterocycles. The van der Waals surface area contributed by atoms with Crippen LogP contribution in [0.5, 0.6) is 0 Å². The third-order valence-corrected chi connectivity index (χ3v) is 0.936. The van der Waals surface area contributed by atoms with Crippen LogP contribution in [0, 0.1) is 0 Å². The third-order valence-electron chi connectivity index (χ3n) is 0.936. The van der Waals surface area contributed by atoms with Gasteiger partial charge in [-0.2, -0.15) is 0 Å². The predicted molar refractivity (Wildman–Crippen MR) is 28.7 cm³/mol. The molecule has 0 aromatic heterocycles. The summed E-state index contributed by atoms with van der Waals surface area (Å²) in [5.41, 5.74) is 4.22. The van der Waals surface area contributed by atoms with E-state index in [1.807, 2.05) is 0 Å². The van der Waals surface area contributed by atoms with Crippen LogP contribution in [0.1, 0.15) is 6.92 Å². The Balaban J connectivity index is 3.36. The molecule has 0 spiro atoms. The zero-order valence-electron chi connectivity index (χ0n) is 4.73. The molecule has 0 bridgehead atoms. The number of hydrogen-bond acceptors (Lipinski definition) is 3. The second-order valence-corrected chi connectivity index (χ2v) is 1.73. The molecule has 7 heavy (non-hydrogen) atoms. The standard InChI is InChI=1S/C4H12N2O/c1-4(7,3-5)6-2/h6-7H,3,5H2,1-2H3. The van der Waals surface area contributed by atoms with Crippen LogP contribution < -0.4 is 11.1 Å². The Bertz CT molecular complexity index is 47.7. The third kappa shape index (κ3) is 2.56. The maximum atomic E-state index is 8.90. The first-order valence-electron chi connectivity index (χ1n) is 2.24. The van der Waals surface area contributed by atoms with Gasteiger partial charge in [-0.15, -0.1) is 0 Å². The van der Waals surface area contributed by atoms with E-state index in [-0.39, 0.29) is 6.54 Å². The molecule has 44 valence electrons. The molecule has 1 unspecified atom stereocenters. The quantitative estimate of drug-likeness (QED) is 0.389. The molecule has 0 aromatic carbocycles. The van der Waals surface area contributed by atoms with Gasteiger partial charge >= 0.3 is 0 Å². The lowest BCUT2D eigenvalue weighted by atomic mass is 10.3. The molecular formula is C4H12N2O. The SMILES string of the molecule is CNC(C)(O)CN. The van der Waals surface area contributed by atoms with Gasteiger partial charge in [-0.3, -0.25) is 5.32 Å². The van der Waals surface area contributed by atoms with Crippen molar-refractivity contribution in [3.63, 3.8) is 0 Å². The minimum absolute atomic E-state index is 0.240. The fourth-order valence-electron chi connectivity index (χ4n) is 0.102. The number of aliphatic hydroxyl groups is 1. The van der Waals surface area contributed by atoms with Crippen LogP contribution in [0.2, 0.25) is 0 Å². The van der Waals surface area contributed by atoms with Crippen LogP contribution in [-0.4, -0.2) is 24.4 Å². The summed E-state index contributed by atoms with van der Waals surface area (Å²) in [6.07, 6.45) is 0. The van der Waals surface area contributed by atoms with Gasteiger partial charge < -0.3 is 10.8 Å². The van der Waals surface area contributed by atoms with Crippen LogP contribution in [0.15, 0.2) is 0 Å². The Morgan fingerprint density at radius 1 is 1.86 bits per heavy atom. The van der Waals surface area contributed by atoms with E-state index in [4.69, 9.17) is 10.8 Å². The summed E-state index contributed by atoms with van der Waals surface area (Å²) in [4.78, 5) is 0. The summed E-state index contributed by atoms with van der Waals surface area (Å²) in [6, 6.07) is 0. The summed E-state index contributed by atoms with van der Waals surface area (Å²) >= 11 is 0. The summed E-state index contributed by atoms with van der Waals surface area (Å²) in [5.74, 6) is 0. The molecule has 0 aliphatic carbocycles. The summed E-state index contributed by atoms with van der Waals surface area (Å²) in [5, 5.41) is 11.5. The number of nitrogens with one attached hydrogen (secondary N) is 1. The van der Waals surface area contributed by atoms with Gasteiger partial charge in [0, 0.05) is 6.54 Å². The molecule has 0 aliphatic rings. The van der Waals surface area contributed by atoms with Crippen molar-refractivity contribution in [1.82, 2.24) is 5.32 Å². The smallest absolute Gasteiger partial charge is 0.125 e. The Hall–Kier alpha value is -0.120. The normalized spacial score (nSPS) is 18.9. The average Bonchev–Trinajstić information content (AvgIpc) is 1.68. The van der Waals surface area contributed by atoms with E-state index >= 15 is 0 Å². The zero-order valence-corrected chi connectivity index (χ0v) is 4.73. The van der Waals surface area contributed by atoms with Gasteiger partial charge in [-0.1, -0.05) is 0 Å². The minimum atomic E-state index is -0.889. The van der Waals surface area contributed by atoms with Gasteiger partial charge in [0.25, 0.3) is 0 Å². The number of likely N-dealkylation sites (N-methyl/N-ethyl adjacent to an activating group) is 1. The summed E-state index contributed by atoms with van der Waals surface area (Å²) < 4.78 is 0. The fraction of sp³-hybridized carbons (Fsp3) is 1.00. The first kappa shape index (κ1) is 6.88. The lowest BCUT2D eigenvalue weighted by molar-refractivity contribution is 0.0413. The Morgan fingerprint density at radius 2 is 2.29 bits per heavy atom. The first-order chi connectivity index (χ1) is 3.12. The summed E-state index contributed by atoms with van der Waals surface area (Å²) in [7, 11) is 1.66. The molecule has 0 fully saturated rings. The van der Waals surface area contributed by atoms with Gasteiger partial charge in [0.2, 0.25) is 0 Å². The molecule has 1 atom stereocenters. The van der Waals surface area contributed by atoms with E-state index in [0.29, 0.717) is 0 Å². The molecule has 0 saturated carbocycles. The molecular weight excluding hydrogens is 92.1 g/mol. The Labute approximate surface area is 43.5 Å². The van der Waals surface area contributed by atoms with Crippen LogP contribution in [0.3, 0.4) is 0 Å². The predicted octanol–water partition coefficient (Wildman–Crippen LogP) is -1.13. The Kier molecular flexibility index (Phi) is 2.22. The highest BCUT2D eigenvalue weighted by Crippen LogP contribution is 1.88. The maximum Gasteiger partial charge on any atom is 0.125 e.